The van der Waals surface area contributed by atoms with E-state index >= 15 is 0 Å². The fraction of sp³-hybridized carbons (Fsp3) is 0.250. The Hall–Kier alpha value is -3.58. The summed E-state index contributed by atoms with van der Waals surface area (Å²) in [6.07, 6.45) is -3.55. The molecule has 0 saturated heterocycles. The molecule has 0 aliphatic carbocycles. The topological polar surface area (TPSA) is 96.7 Å². The van der Waals surface area contributed by atoms with Gasteiger partial charge in [-0.05, 0) is 51.0 Å². The van der Waals surface area contributed by atoms with Gasteiger partial charge < -0.3 is 10.4 Å². The highest BCUT2D eigenvalue weighted by atomic mass is 19.4. The van der Waals surface area contributed by atoms with Gasteiger partial charge in [0.25, 0.3) is 0 Å². The van der Waals surface area contributed by atoms with E-state index in [4.69, 9.17) is 0 Å². The molecule has 3 aromatic heterocycles. The molecule has 10 heteroatoms. The van der Waals surface area contributed by atoms with Gasteiger partial charge in [0.15, 0.2) is 5.82 Å². The molecule has 154 valence electrons. The molecule has 3 rings (SSSR count). The molecule has 0 radical (unpaired) electrons. The summed E-state index contributed by atoms with van der Waals surface area (Å²) in [4.78, 5) is 20.3. The highest BCUT2D eigenvalue weighted by Gasteiger charge is 2.32. The van der Waals surface area contributed by atoms with Gasteiger partial charge in [-0.25, -0.2) is 4.98 Å². The summed E-state index contributed by atoms with van der Waals surface area (Å²) in [5, 5.41) is 12.5. The number of nitrogens with zero attached hydrogens (tertiary/aromatic N) is 5. The summed E-state index contributed by atoms with van der Waals surface area (Å²) < 4.78 is 38.8. The minimum atomic E-state index is -4.59. The van der Waals surface area contributed by atoms with Crippen molar-refractivity contribution in [1.29, 1.82) is 0 Å². The molecule has 3 aromatic rings. The lowest BCUT2D eigenvalue weighted by atomic mass is 10.1. The Labute approximate surface area is 170 Å². The van der Waals surface area contributed by atoms with Crippen LogP contribution in [0.2, 0.25) is 0 Å². The summed E-state index contributed by atoms with van der Waals surface area (Å²) in [7, 11) is 0. The van der Waals surface area contributed by atoms with Crippen LogP contribution >= 0.6 is 0 Å². The number of nitrogens with one attached hydrogen (secondary N) is 1. The van der Waals surface area contributed by atoms with Crippen molar-refractivity contribution in [2.75, 3.05) is 5.32 Å². The molecule has 0 aromatic carbocycles. The maximum absolute atomic E-state index is 12.9. The average Bonchev–Trinajstić information content (AvgIpc) is 2.65. The number of rotatable bonds is 3. The third-order valence-corrected chi connectivity index (χ3v) is 3.54. The average molecular weight is 414 g/mol. The third-order valence-electron chi connectivity index (χ3n) is 3.54. The van der Waals surface area contributed by atoms with Crippen LogP contribution in [0.5, 0.6) is 0 Å². The Balaban J connectivity index is 2.05. The molecule has 0 aliphatic rings. The van der Waals surface area contributed by atoms with Crippen LogP contribution < -0.4 is 5.32 Å². The second kappa shape index (κ2) is 8.04. The lowest BCUT2D eigenvalue weighted by Gasteiger charge is -2.10. The van der Waals surface area contributed by atoms with E-state index in [1.54, 1.807) is 25.1 Å². The van der Waals surface area contributed by atoms with Crippen LogP contribution in [0.25, 0.3) is 11.5 Å². The highest BCUT2D eigenvalue weighted by Crippen LogP contribution is 2.29. The van der Waals surface area contributed by atoms with Crippen molar-refractivity contribution in [2.45, 2.75) is 32.5 Å². The molecule has 0 fully saturated rings. The molecule has 2 N–H and O–H groups in total. The second-order valence-electron chi connectivity index (χ2n) is 6.83. The number of halogens is 3. The third kappa shape index (κ3) is 5.71. The van der Waals surface area contributed by atoms with E-state index in [1.165, 1.54) is 19.9 Å². The minimum Gasteiger partial charge on any atom is -0.378 e. The zero-order valence-electron chi connectivity index (χ0n) is 16.3. The van der Waals surface area contributed by atoms with Crippen molar-refractivity contribution in [3.05, 3.63) is 53.7 Å². The monoisotopic (exact) mass is 414 g/mol. The summed E-state index contributed by atoms with van der Waals surface area (Å²) in [5.74, 6) is 5.43. The number of hydrogen-bond donors (Lipinski definition) is 2. The SMILES string of the molecule is Cc1cccc(-c2nc(C#CC(C)(C)O)nc(Nc3ccnc(C(F)(F)F)c3)n2)n1. The number of aromatic nitrogens is 5. The second-order valence-corrected chi connectivity index (χ2v) is 6.83. The van der Waals surface area contributed by atoms with Gasteiger partial charge in [-0.1, -0.05) is 12.0 Å². The van der Waals surface area contributed by atoms with Crippen molar-refractivity contribution >= 4 is 11.6 Å². The van der Waals surface area contributed by atoms with Gasteiger partial charge in [-0.15, -0.1) is 0 Å². The number of hydrogen-bond acceptors (Lipinski definition) is 7. The number of anilines is 2. The lowest BCUT2D eigenvalue weighted by Crippen LogP contribution is -2.15. The Bertz CT molecular complexity index is 1130. The van der Waals surface area contributed by atoms with E-state index in [2.05, 4.69) is 42.1 Å². The van der Waals surface area contributed by atoms with E-state index in [0.717, 1.165) is 18.0 Å². The van der Waals surface area contributed by atoms with Crippen LogP contribution in [0.3, 0.4) is 0 Å². The van der Waals surface area contributed by atoms with Crippen molar-refractivity contribution in [3.8, 4) is 23.4 Å². The standard InChI is InChI=1S/C20H17F3N6O/c1-12-5-4-6-14(25-12)17-27-16(7-9-19(2,3)30)28-18(29-17)26-13-8-10-24-15(11-13)20(21,22)23/h4-6,8,10-11,30H,1-3H3,(H,24,26,27,28,29). The Kier molecular flexibility index (Phi) is 5.67. The molecule has 3 heterocycles. The Morgan fingerprint density at radius 2 is 1.80 bits per heavy atom. The number of aryl methyl sites for hydroxylation is 1. The molecular formula is C20H17F3N6O. The van der Waals surface area contributed by atoms with Gasteiger partial charge in [0.1, 0.15) is 17.0 Å². The molecule has 30 heavy (non-hydrogen) atoms. The van der Waals surface area contributed by atoms with Crippen LogP contribution in [-0.4, -0.2) is 35.6 Å². The quantitative estimate of drug-likeness (QED) is 0.633. The zero-order valence-corrected chi connectivity index (χ0v) is 16.3. The van der Waals surface area contributed by atoms with Crippen LogP contribution in [0.1, 0.15) is 31.1 Å². The van der Waals surface area contributed by atoms with E-state index < -0.39 is 17.5 Å². The van der Waals surface area contributed by atoms with Crippen molar-refractivity contribution < 1.29 is 18.3 Å². The molecule has 0 saturated carbocycles. The Morgan fingerprint density at radius 3 is 2.47 bits per heavy atom. The molecule has 0 bridgehead atoms. The van der Waals surface area contributed by atoms with Crippen LogP contribution in [-0.2, 0) is 6.18 Å². The molecular weight excluding hydrogens is 397 g/mol. The van der Waals surface area contributed by atoms with Crippen LogP contribution in [0.4, 0.5) is 24.8 Å². The fourth-order valence-corrected chi connectivity index (χ4v) is 2.27. The largest absolute Gasteiger partial charge is 0.433 e. The van der Waals surface area contributed by atoms with Gasteiger partial charge in [-0.3, -0.25) is 4.98 Å². The molecule has 0 spiro atoms. The molecule has 0 atom stereocenters. The van der Waals surface area contributed by atoms with Crippen LogP contribution in [0, 0.1) is 18.8 Å². The summed E-state index contributed by atoms with van der Waals surface area (Å²) in [5.41, 5.74) is -1.07. The molecule has 0 unspecified atom stereocenters. The maximum Gasteiger partial charge on any atom is 0.433 e. The summed E-state index contributed by atoms with van der Waals surface area (Å²) in [6.45, 7) is 4.80. The highest BCUT2D eigenvalue weighted by molar-refractivity contribution is 5.57. The first-order chi connectivity index (χ1) is 14.0. The first-order valence-corrected chi connectivity index (χ1v) is 8.75. The van der Waals surface area contributed by atoms with Gasteiger partial charge in [0, 0.05) is 17.6 Å². The van der Waals surface area contributed by atoms with Gasteiger partial charge in [-0.2, -0.15) is 28.1 Å². The number of aliphatic hydroxyl groups is 1. The zero-order chi connectivity index (χ0) is 21.9. The van der Waals surface area contributed by atoms with Crippen molar-refractivity contribution in [2.24, 2.45) is 0 Å². The van der Waals surface area contributed by atoms with E-state index in [-0.39, 0.29) is 23.3 Å². The normalized spacial score (nSPS) is 11.6. The smallest absolute Gasteiger partial charge is 0.378 e. The lowest BCUT2D eigenvalue weighted by molar-refractivity contribution is -0.141. The fourth-order valence-electron chi connectivity index (χ4n) is 2.27. The van der Waals surface area contributed by atoms with Gasteiger partial charge >= 0.3 is 6.18 Å². The first kappa shape index (κ1) is 21.1. The van der Waals surface area contributed by atoms with E-state index in [0.29, 0.717) is 5.69 Å². The van der Waals surface area contributed by atoms with Crippen LogP contribution in [0.15, 0.2) is 36.5 Å². The van der Waals surface area contributed by atoms with E-state index in [9.17, 15) is 18.3 Å². The first-order valence-electron chi connectivity index (χ1n) is 8.75. The number of alkyl halides is 3. The molecule has 0 aliphatic heterocycles. The number of pyridine rings is 2. The van der Waals surface area contributed by atoms with Crippen molar-refractivity contribution in [3.63, 3.8) is 0 Å². The van der Waals surface area contributed by atoms with E-state index in [1.807, 2.05) is 0 Å². The minimum absolute atomic E-state index is 0.0253. The summed E-state index contributed by atoms with van der Waals surface area (Å²) >= 11 is 0. The molecule has 7 nitrogen and oxygen atoms in total. The van der Waals surface area contributed by atoms with Gasteiger partial charge in [0.2, 0.25) is 11.8 Å². The predicted octanol–water partition coefficient (Wildman–Crippen LogP) is 3.52. The molecule has 0 amide bonds. The van der Waals surface area contributed by atoms with Crippen molar-refractivity contribution in [1.82, 2.24) is 24.9 Å². The Morgan fingerprint density at radius 1 is 1.03 bits per heavy atom. The van der Waals surface area contributed by atoms with Gasteiger partial charge in [0.05, 0.1) is 0 Å². The maximum atomic E-state index is 12.9. The predicted molar refractivity (Wildman–Crippen MR) is 103 cm³/mol. The summed E-state index contributed by atoms with van der Waals surface area (Å²) in [6, 6.07) is 7.46.